The summed E-state index contributed by atoms with van der Waals surface area (Å²) in [6.45, 7) is 3.16. The molecular formula is C19H17FN4O4. The number of hydrogen-bond acceptors (Lipinski definition) is 5. The highest BCUT2D eigenvalue weighted by atomic mass is 19.1. The van der Waals surface area contributed by atoms with Crippen LogP contribution in [0.2, 0.25) is 0 Å². The smallest absolute Gasteiger partial charge is 0.341 e. The molecule has 0 bridgehead atoms. The zero-order valence-corrected chi connectivity index (χ0v) is 15.0. The molecule has 2 aliphatic rings. The molecule has 5 rings (SSSR count). The molecule has 2 aliphatic heterocycles. The molecule has 1 unspecified atom stereocenters. The molecule has 9 heteroatoms. The van der Waals surface area contributed by atoms with Gasteiger partial charge in [-0.25, -0.2) is 9.18 Å². The van der Waals surface area contributed by atoms with Gasteiger partial charge in [0, 0.05) is 37.0 Å². The van der Waals surface area contributed by atoms with E-state index >= 15 is 4.39 Å². The molecule has 2 aromatic heterocycles. The van der Waals surface area contributed by atoms with E-state index in [1.54, 1.807) is 10.8 Å². The number of carbonyl (C=O) groups is 1. The number of aromatic carboxylic acids is 1. The van der Waals surface area contributed by atoms with Gasteiger partial charge in [0.15, 0.2) is 11.6 Å². The van der Waals surface area contributed by atoms with E-state index in [0.29, 0.717) is 30.7 Å². The van der Waals surface area contributed by atoms with Crippen LogP contribution in [0.15, 0.2) is 23.3 Å². The third-order valence-corrected chi connectivity index (χ3v) is 5.49. The maximum absolute atomic E-state index is 15.2. The normalized spacial score (nSPS) is 18.1. The predicted molar refractivity (Wildman–Crippen MR) is 98.7 cm³/mol. The first-order valence-electron chi connectivity index (χ1n) is 8.99. The number of nitrogens with zero attached hydrogens (tertiary/aromatic N) is 3. The Labute approximate surface area is 158 Å². The van der Waals surface area contributed by atoms with Crippen molar-refractivity contribution in [2.24, 2.45) is 0 Å². The molecule has 0 saturated heterocycles. The van der Waals surface area contributed by atoms with Gasteiger partial charge in [-0.1, -0.05) is 0 Å². The Morgan fingerprint density at radius 1 is 1.46 bits per heavy atom. The summed E-state index contributed by atoms with van der Waals surface area (Å²) in [4.78, 5) is 26.0. The number of aromatic amines is 1. The first kappa shape index (κ1) is 16.8. The molecule has 0 radical (unpaired) electrons. The van der Waals surface area contributed by atoms with Gasteiger partial charge in [0.05, 0.1) is 23.1 Å². The van der Waals surface area contributed by atoms with Gasteiger partial charge in [0.1, 0.15) is 17.9 Å². The summed E-state index contributed by atoms with van der Waals surface area (Å²) in [5.74, 6) is -1.65. The molecule has 0 spiro atoms. The molecule has 1 aromatic carbocycles. The van der Waals surface area contributed by atoms with Gasteiger partial charge >= 0.3 is 5.97 Å². The lowest BCUT2D eigenvalue weighted by atomic mass is 10.0. The second kappa shape index (κ2) is 5.82. The Morgan fingerprint density at radius 2 is 2.29 bits per heavy atom. The second-order valence-electron chi connectivity index (χ2n) is 7.22. The molecule has 0 fully saturated rings. The molecule has 0 aliphatic carbocycles. The van der Waals surface area contributed by atoms with Crippen molar-refractivity contribution >= 4 is 22.6 Å². The largest absolute Gasteiger partial charge is 0.487 e. The molecular weight excluding hydrogens is 367 g/mol. The van der Waals surface area contributed by atoms with Crippen LogP contribution >= 0.6 is 0 Å². The van der Waals surface area contributed by atoms with E-state index in [9.17, 15) is 14.7 Å². The summed E-state index contributed by atoms with van der Waals surface area (Å²) >= 11 is 0. The lowest BCUT2D eigenvalue weighted by Crippen LogP contribution is -2.33. The fraction of sp³-hybridized carbons (Fsp3) is 0.316. The van der Waals surface area contributed by atoms with E-state index < -0.39 is 17.2 Å². The first-order chi connectivity index (χ1) is 13.5. The summed E-state index contributed by atoms with van der Waals surface area (Å²) in [7, 11) is 0. The number of nitrogens with one attached hydrogen (secondary N) is 1. The minimum Gasteiger partial charge on any atom is -0.487 e. The quantitative estimate of drug-likeness (QED) is 0.702. The van der Waals surface area contributed by atoms with Gasteiger partial charge in [-0.15, -0.1) is 0 Å². The van der Waals surface area contributed by atoms with Crippen molar-refractivity contribution in [1.82, 2.24) is 14.8 Å². The van der Waals surface area contributed by atoms with Gasteiger partial charge in [0.25, 0.3) is 0 Å². The van der Waals surface area contributed by atoms with E-state index in [2.05, 4.69) is 10.2 Å². The van der Waals surface area contributed by atoms with Crippen LogP contribution in [-0.2, 0) is 13.0 Å². The van der Waals surface area contributed by atoms with Crippen LogP contribution in [0.4, 0.5) is 10.1 Å². The number of pyridine rings is 1. The highest BCUT2D eigenvalue weighted by Crippen LogP contribution is 2.42. The van der Waals surface area contributed by atoms with Crippen molar-refractivity contribution < 1.29 is 19.0 Å². The first-order valence-corrected chi connectivity index (χ1v) is 8.99. The maximum atomic E-state index is 15.2. The third kappa shape index (κ3) is 2.25. The summed E-state index contributed by atoms with van der Waals surface area (Å²) in [5.41, 5.74) is 1.66. The molecule has 144 valence electrons. The predicted octanol–water partition coefficient (Wildman–Crippen LogP) is 2.08. The molecule has 1 atom stereocenters. The number of benzene rings is 1. The van der Waals surface area contributed by atoms with Crippen LogP contribution in [0.5, 0.6) is 5.75 Å². The second-order valence-corrected chi connectivity index (χ2v) is 7.22. The Morgan fingerprint density at radius 3 is 3.07 bits per heavy atom. The van der Waals surface area contributed by atoms with Crippen molar-refractivity contribution in [3.05, 3.63) is 51.3 Å². The molecule has 28 heavy (non-hydrogen) atoms. The number of halogens is 1. The molecule has 4 heterocycles. The summed E-state index contributed by atoms with van der Waals surface area (Å²) in [5, 5.41) is 16.4. The number of hydrogen-bond donors (Lipinski definition) is 2. The molecule has 2 N–H and O–H groups in total. The number of carboxylic acid groups (broad SMARTS) is 1. The minimum absolute atomic E-state index is 0.0173. The monoisotopic (exact) mass is 384 g/mol. The van der Waals surface area contributed by atoms with E-state index in [4.69, 9.17) is 4.74 Å². The van der Waals surface area contributed by atoms with Crippen molar-refractivity contribution in [3.63, 3.8) is 0 Å². The van der Waals surface area contributed by atoms with Crippen LogP contribution in [0, 0.1) is 5.82 Å². The number of ether oxygens (including phenoxy) is 1. The molecule has 3 aromatic rings. The minimum atomic E-state index is -1.33. The third-order valence-electron chi connectivity index (χ3n) is 5.49. The van der Waals surface area contributed by atoms with Crippen LogP contribution in [0.1, 0.15) is 34.6 Å². The number of fused-ring (bicyclic) bond motifs is 1. The van der Waals surface area contributed by atoms with Crippen LogP contribution < -0.4 is 15.1 Å². The van der Waals surface area contributed by atoms with Crippen molar-refractivity contribution in [3.8, 4) is 5.75 Å². The van der Waals surface area contributed by atoms with Crippen LogP contribution in [0.25, 0.3) is 10.9 Å². The maximum Gasteiger partial charge on any atom is 0.341 e. The Balaban J connectivity index is 1.77. The topological polar surface area (TPSA) is 100 Å². The fourth-order valence-electron chi connectivity index (χ4n) is 4.07. The van der Waals surface area contributed by atoms with E-state index in [0.717, 1.165) is 17.3 Å². The lowest BCUT2D eigenvalue weighted by molar-refractivity contribution is 0.0694. The van der Waals surface area contributed by atoms with Crippen LogP contribution in [0.3, 0.4) is 0 Å². The summed E-state index contributed by atoms with van der Waals surface area (Å²) in [6, 6.07) is 0.944. The van der Waals surface area contributed by atoms with Crippen molar-refractivity contribution in [2.45, 2.75) is 25.9 Å². The summed E-state index contributed by atoms with van der Waals surface area (Å²) < 4.78 is 22.8. The van der Waals surface area contributed by atoms with E-state index in [1.165, 1.54) is 6.20 Å². The fourth-order valence-corrected chi connectivity index (χ4v) is 4.07. The number of carboxylic acids is 1. The van der Waals surface area contributed by atoms with Gasteiger partial charge < -0.3 is 19.3 Å². The average Bonchev–Trinajstić information content (AvgIpc) is 3.13. The Kier molecular flexibility index (Phi) is 3.49. The molecule has 0 saturated carbocycles. The zero-order valence-electron chi connectivity index (χ0n) is 15.0. The van der Waals surface area contributed by atoms with Gasteiger partial charge in [-0.2, -0.15) is 5.10 Å². The highest BCUT2D eigenvalue weighted by Gasteiger charge is 2.31. The number of aromatic nitrogens is 3. The Bertz CT molecular complexity index is 1200. The van der Waals surface area contributed by atoms with Gasteiger partial charge in [-0.3, -0.25) is 9.89 Å². The highest BCUT2D eigenvalue weighted by molar-refractivity contribution is 5.97. The van der Waals surface area contributed by atoms with Crippen molar-refractivity contribution in [1.29, 1.82) is 0 Å². The van der Waals surface area contributed by atoms with Crippen LogP contribution in [-0.4, -0.2) is 39.0 Å². The number of rotatable bonds is 2. The number of H-pyrrole nitrogens is 1. The van der Waals surface area contributed by atoms with Gasteiger partial charge in [0.2, 0.25) is 5.43 Å². The van der Waals surface area contributed by atoms with Crippen molar-refractivity contribution in [2.75, 3.05) is 18.1 Å². The average molecular weight is 384 g/mol. The molecule has 0 amide bonds. The van der Waals surface area contributed by atoms with E-state index in [-0.39, 0.29) is 29.3 Å². The summed E-state index contributed by atoms with van der Waals surface area (Å²) in [6.07, 6.45) is 3.74. The van der Waals surface area contributed by atoms with E-state index in [1.807, 2.05) is 11.8 Å². The Hall–Kier alpha value is -3.36. The standard InChI is InChI=1S/C19H17FN4O4/c1-9-8-28-18-15-11(17(25)12(19(26)27)7-24(9)15)4-13(20)16(18)23-3-2-14-10(6-23)5-21-22-14/h4-5,7,9H,2-3,6,8H2,1H3,(H,21,22)(H,26,27). The molecule has 8 nitrogen and oxygen atoms in total. The van der Waals surface area contributed by atoms with Gasteiger partial charge in [-0.05, 0) is 13.0 Å². The zero-order chi connectivity index (χ0) is 19.6. The lowest BCUT2D eigenvalue weighted by Gasteiger charge is -2.34. The SMILES string of the molecule is CC1COc2c(N3CCc4[nH]ncc4C3)c(F)cc3c(=O)c(C(=O)O)cn1c23. The number of anilines is 1.